The molecule has 274 valence electrons. The lowest BCUT2D eigenvalue weighted by Gasteiger charge is -2.20. The summed E-state index contributed by atoms with van der Waals surface area (Å²) in [4.78, 5) is 12.1. The second kappa shape index (κ2) is 38.6. The quantitative estimate of drug-likeness (QED) is 0.0460. The van der Waals surface area contributed by atoms with Crippen LogP contribution < -0.4 is 5.32 Å². The molecule has 0 rings (SSSR count). The van der Waals surface area contributed by atoms with Crippen molar-refractivity contribution in [2.45, 2.75) is 244 Å². The Morgan fingerprint density at radius 3 is 1.13 bits per heavy atom. The van der Waals surface area contributed by atoms with Crippen molar-refractivity contribution in [1.29, 1.82) is 0 Å². The van der Waals surface area contributed by atoms with Crippen LogP contribution in [0.15, 0.2) is 12.2 Å². The van der Waals surface area contributed by atoms with Gasteiger partial charge in [-0.05, 0) is 19.3 Å². The average molecular weight is 650 g/mol. The van der Waals surface area contributed by atoms with E-state index in [0.29, 0.717) is 6.42 Å². The molecule has 2 unspecified atom stereocenters. The molecule has 3 N–H and O–H groups in total. The summed E-state index contributed by atoms with van der Waals surface area (Å²) in [6, 6.07) is -0.613. The van der Waals surface area contributed by atoms with Gasteiger partial charge >= 0.3 is 0 Å². The highest BCUT2D eigenvalue weighted by molar-refractivity contribution is 5.76. The van der Waals surface area contributed by atoms with E-state index in [1.165, 1.54) is 180 Å². The molecule has 0 saturated heterocycles. The van der Waals surface area contributed by atoms with Gasteiger partial charge in [0.2, 0.25) is 5.91 Å². The van der Waals surface area contributed by atoms with Crippen molar-refractivity contribution in [3.8, 4) is 0 Å². The maximum atomic E-state index is 12.1. The lowest BCUT2D eigenvalue weighted by Crippen LogP contribution is -2.45. The van der Waals surface area contributed by atoms with E-state index >= 15 is 0 Å². The van der Waals surface area contributed by atoms with E-state index in [0.717, 1.165) is 32.1 Å². The minimum atomic E-state index is -0.831. The smallest absolute Gasteiger partial charge is 0.220 e. The highest BCUT2D eigenvalue weighted by Gasteiger charge is 2.17. The normalized spacial score (nSPS) is 13.0. The zero-order valence-corrected chi connectivity index (χ0v) is 31.4. The molecule has 4 nitrogen and oxygen atoms in total. The molecule has 0 heterocycles. The van der Waals surface area contributed by atoms with E-state index in [4.69, 9.17) is 0 Å². The molecule has 46 heavy (non-hydrogen) atoms. The Morgan fingerprint density at radius 2 is 0.804 bits per heavy atom. The fraction of sp³-hybridized carbons (Fsp3) is 0.929. The van der Waals surface area contributed by atoms with Gasteiger partial charge < -0.3 is 15.5 Å². The van der Waals surface area contributed by atoms with E-state index in [1.807, 2.05) is 6.08 Å². The SMILES string of the molecule is CCCCCCCCCCCCCCCCCCCCCCCCCCCCC/C=C/C(O)C(CO)NC(=O)CCCCCCC. The molecule has 1 amide bonds. The zero-order chi connectivity index (χ0) is 33.6. The number of allylic oxidation sites excluding steroid dienone is 1. The molecule has 0 radical (unpaired) electrons. The standard InChI is InChI=1S/C42H83NO3/c1-3-5-7-9-10-11-12-13-14-15-16-17-18-19-20-21-22-23-24-25-26-27-28-29-30-31-32-34-35-37-41(45)40(39-44)43-42(46)38-36-33-8-6-4-2/h35,37,40-41,44-45H,3-34,36,38-39H2,1-2H3,(H,43,46)/b37-35+. The number of nitrogens with one attached hydrogen (secondary N) is 1. The van der Waals surface area contributed by atoms with Crippen LogP contribution >= 0.6 is 0 Å². The van der Waals surface area contributed by atoms with E-state index in [1.54, 1.807) is 6.08 Å². The van der Waals surface area contributed by atoms with Crippen LogP contribution in [0.4, 0.5) is 0 Å². The summed E-state index contributed by atoms with van der Waals surface area (Å²) < 4.78 is 0. The van der Waals surface area contributed by atoms with Gasteiger partial charge in [0.1, 0.15) is 0 Å². The summed E-state index contributed by atoms with van der Waals surface area (Å²) in [6.45, 7) is 4.23. The predicted octanol–water partition coefficient (Wildman–Crippen LogP) is 12.7. The van der Waals surface area contributed by atoms with Crippen LogP contribution in [0.1, 0.15) is 232 Å². The second-order valence-corrected chi connectivity index (χ2v) is 14.4. The Kier molecular flexibility index (Phi) is 37.8. The zero-order valence-electron chi connectivity index (χ0n) is 31.4. The number of aliphatic hydroxyl groups excluding tert-OH is 2. The summed E-state index contributed by atoms with van der Waals surface area (Å²) in [5, 5.41) is 22.7. The third-order valence-electron chi connectivity index (χ3n) is 9.77. The first-order chi connectivity index (χ1) is 22.7. The Labute approximate surface area is 288 Å². The van der Waals surface area contributed by atoms with Gasteiger partial charge in [0, 0.05) is 6.42 Å². The number of amides is 1. The molecule has 0 spiro atoms. The first kappa shape index (κ1) is 45.1. The van der Waals surface area contributed by atoms with Crippen LogP contribution in [-0.2, 0) is 4.79 Å². The third kappa shape index (κ3) is 34.5. The number of carbonyl (C=O) groups excluding carboxylic acids is 1. The maximum absolute atomic E-state index is 12.1. The van der Waals surface area contributed by atoms with Gasteiger partial charge in [0.05, 0.1) is 18.8 Å². The third-order valence-corrected chi connectivity index (χ3v) is 9.77. The number of carbonyl (C=O) groups is 1. The van der Waals surface area contributed by atoms with Gasteiger partial charge in [-0.1, -0.05) is 219 Å². The Bertz CT molecular complexity index is 622. The first-order valence-electron chi connectivity index (χ1n) is 20.9. The largest absolute Gasteiger partial charge is 0.394 e. The van der Waals surface area contributed by atoms with E-state index < -0.39 is 12.1 Å². The van der Waals surface area contributed by atoms with E-state index in [-0.39, 0.29) is 12.5 Å². The molecule has 0 saturated carbocycles. The van der Waals surface area contributed by atoms with Gasteiger partial charge in [0.15, 0.2) is 0 Å². The molecular formula is C42H83NO3. The van der Waals surface area contributed by atoms with Gasteiger partial charge in [-0.2, -0.15) is 0 Å². The number of rotatable bonds is 38. The van der Waals surface area contributed by atoms with Crippen LogP contribution in [0.3, 0.4) is 0 Å². The molecule has 0 bridgehead atoms. The van der Waals surface area contributed by atoms with E-state index in [9.17, 15) is 15.0 Å². The van der Waals surface area contributed by atoms with Gasteiger partial charge in [-0.25, -0.2) is 0 Å². The fourth-order valence-corrected chi connectivity index (χ4v) is 6.53. The predicted molar refractivity (Wildman–Crippen MR) is 202 cm³/mol. The number of aliphatic hydroxyl groups is 2. The summed E-state index contributed by atoms with van der Waals surface area (Å²) in [6.07, 6.45) is 48.0. The Morgan fingerprint density at radius 1 is 0.500 bits per heavy atom. The average Bonchev–Trinajstić information content (AvgIpc) is 3.06. The molecule has 0 aliphatic carbocycles. The fourth-order valence-electron chi connectivity index (χ4n) is 6.53. The number of unbranched alkanes of at least 4 members (excludes halogenated alkanes) is 31. The van der Waals surface area contributed by atoms with Crippen molar-refractivity contribution in [1.82, 2.24) is 5.32 Å². The van der Waals surface area contributed by atoms with Crippen molar-refractivity contribution in [3.63, 3.8) is 0 Å². The molecule has 0 fully saturated rings. The first-order valence-corrected chi connectivity index (χ1v) is 20.9. The number of hydrogen-bond acceptors (Lipinski definition) is 3. The molecule has 0 aliphatic rings. The van der Waals surface area contributed by atoms with Crippen LogP contribution in [0, 0.1) is 0 Å². The van der Waals surface area contributed by atoms with E-state index in [2.05, 4.69) is 19.2 Å². The molecular weight excluding hydrogens is 566 g/mol. The van der Waals surface area contributed by atoms with Crippen molar-refractivity contribution < 1.29 is 15.0 Å². The van der Waals surface area contributed by atoms with Crippen molar-refractivity contribution in [3.05, 3.63) is 12.2 Å². The van der Waals surface area contributed by atoms with Crippen LogP contribution in [0.2, 0.25) is 0 Å². The Balaban J connectivity index is 3.36. The van der Waals surface area contributed by atoms with Crippen LogP contribution in [0.25, 0.3) is 0 Å². The molecule has 4 heteroatoms. The van der Waals surface area contributed by atoms with Gasteiger partial charge in [0.25, 0.3) is 0 Å². The molecule has 0 aromatic carbocycles. The summed E-state index contributed by atoms with van der Waals surface area (Å²) in [7, 11) is 0. The van der Waals surface area contributed by atoms with Crippen LogP contribution in [0.5, 0.6) is 0 Å². The number of hydrogen-bond donors (Lipinski definition) is 3. The van der Waals surface area contributed by atoms with Crippen molar-refractivity contribution in [2.24, 2.45) is 0 Å². The van der Waals surface area contributed by atoms with Crippen LogP contribution in [-0.4, -0.2) is 34.9 Å². The minimum Gasteiger partial charge on any atom is -0.394 e. The highest BCUT2D eigenvalue weighted by atomic mass is 16.3. The van der Waals surface area contributed by atoms with Crippen molar-refractivity contribution in [2.75, 3.05) is 6.61 Å². The van der Waals surface area contributed by atoms with Gasteiger partial charge in [-0.3, -0.25) is 4.79 Å². The lowest BCUT2D eigenvalue weighted by molar-refractivity contribution is -0.123. The monoisotopic (exact) mass is 650 g/mol. The summed E-state index contributed by atoms with van der Waals surface area (Å²) in [5.41, 5.74) is 0. The summed E-state index contributed by atoms with van der Waals surface area (Å²) in [5.74, 6) is -0.0754. The maximum Gasteiger partial charge on any atom is 0.220 e. The summed E-state index contributed by atoms with van der Waals surface area (Å²) >= 11 is 0. The molecule has 0 aromatic heterocycles. The van der Waals surface area contributed by atoms with Gasteiger partial charge in [-0.15, -0.1) is 0 Å². The molecule has 2 atom stereocenters. The van der Waals surface area contributed by atoms with Crippen molar-refractivity contribution >= 4 is 5.91 Å². The molecule has 0 aromatic rings. The Hall–Kier alpha value is -0.870. The minimum absolute atomic E-state index is 0.0754. The topological polar surface area (TPSA) is 69.6 Å². The lowest BCUT2D eigenvalue weighted by atomic mass is 10.0. The highest BCUT2D eigenvalue weighted by Crippen LogP contribution is 2.16. The second-order valence-electron chi connectivity index (χ2n) is 14.4. The molecule has 0 aliphatic heterocycles.